The average molecular weight is 274 g/mol. The fraction of sp³-hybridized carbons (Fsp3) is 0.412. The zero-order chi connectivity index (χ0) is 13.2. The molecule has 2 heteroatoms. The van der Waals surface area contributed by atoms with E-state index in [0.29, 0.717) is 0 Å². The van der Waals surface area contributed by atoms with E-state index >= 15 is 0 Å². The van der Waals surface area contributed by atoms with Crippen LogP contribution < -0.4 is 4.74 Å². The highest BCUT2D eigenvalue weighted by Crippen LogP contribution is 2.47. The maximum Gasteiger partial charge on any atom is 0.127 e. The quantitative estimate of drug-likeness (QED) is 0.792. The van der Waals surface area contributed by atoms with Gasteiger partial charge in [-0.2, -0.15) is 0 Å². The SMILES string of the molecule is CC(C)Oc1ccc([SH]2CCCC2)c2ccccc12. The van der Waals surface area contributed by atoms with Gasteiger partial charge in [0.25, 0.3) is 0 Å². The minimum Gasteiger partial charge on any atom is -0.490 e. The molecule has 3 rings (SSSR count). The molecule has 0 unspecified atom stereocenters. The number of benzene rings is 2. The van der Waals surface area contributed by atoms with Gasteiger partial charge in [-0.15, -0.1) is 0 Å². The Balaban J connectivity index is 2.10. The molecule has 2 aromatic rings. The predicted molar refractivity (Wildman–Crippen MR) is 85.9 cm³/mol. The van der Waals surface area contributed by atoms with Crippen LogP contribution in [0.25, 0.3) is 10.8 Å². The van der Waals surface area contributed by atoms with Crippen LogP contribution in [0, 0.1) is 0 Å². The van der Waals surface area contributed by atoms with Crippen LogP contribution in [0.2, 0.25) is 0 Å². The van der Waals surface area contributed by atoms with Crippen LogP contribution in [-0.2, 0) is 0 Å². The number of fused-ring (bicyclic) bond motifs is 1. The van der Waals surface area contributed by atoms with Gasteiger partial charge in [-0.3, -0.25) is 0 Å². The molecule has 102 valence electrons. The van der Waals surface area contributed by atoms with Gasteiger partial charge in [0.1, 0.15) is 5.75 Å². The lowest BCUT2D eigenvalue weighted by Crippen LogP contribution is -2.06. The van der Waals surface area contributed by atoms with Crippen LogP contribution in [0.5, 0.6) is 5.75 Å². The van der Waals surface area contributed by atoms with Crippen molar-refractivity contribution in [1.29, 1.82) is 0 Å². The molecule has 0 saturated carbocycles. The lowest BCUT2D eigenvalue weighted by molar-refractivity contribution is 0.245. The Morgan fingerprint density at radius 3 is 2.32 bits per heavy atom. The maximum atomic E-state index is 5.95. The van der Waals surface area contributed by atoms with Gasteiger partial charge in [0.15, 0.2) is 0 Å². The second-order valence-corrected chi connectivity index (χ2v) is 7.95. The normalized spacial score (nSPS) is 17.3. The molecule has 0 aliphatic carbocycles. The molecule has 1 fully saturated rings. The number of hydrogen-bond acceptors (Lipinski definition) is 1. The van der Waals surface area contributed by atoms with Crippen LogP contribution in [0.1, 0.15) is 26.7 Å². The lowest BCUT2D eigenvalue weighted by atomic mass is 10.1. The van der Waals surface area contributed by atoms with Crippen molar-refractivity contribution in [3.8, 4) is 5.75 Å². The molecule has 0 bridgehead atoms. The average Bonchev–Trinajstić information content (AvgIpc) is 2.92. The van der Waals surface area contributed by atoms with E-state index in [1.807, 2.05) is 0 Å². The molecule has 2 aromatic carbocycles. The van der Waals surface area contributed by atoms with E-state index in [4.69, 9.17) is 4.74 Å². The molecule has 0 aromatic heterocycles. The third-order valence-corrected chi connectivity index (χ3v) is 6.45. The topological polar surface area (TPSA) is 9.23 Å². The maximum absolute atomic E-state index is 5.95. The summed E-state index contributed by atoms with van der Waals surface area (Å²) in [5, 5.41) is 2.69. The summed E-state index contributed by atoms with van der Waals surface area (Å²) in [6.45, 7) is 4.17. The predicted octanol–water partition coefficient (Wildman–Crippen LogP) is 4.78. The first-order chi connectivity index (χ1) is 9.25. The van der Waals surface area contributed by atoms with E-state index in [2.05, 4.69) is 50.2 Å². The third-order valence-electron chi connectivity index (χ3n) is 3.67. The van der Waals surface area contributed by atoms with E-state index in [9.17, 15) is 0 Å². The Labute approximate surface area is 118 Å². The van der Waals surface area contributed by atoms with Crippen molar-refractivity contribution in [3.63, 3.8) is 0 Å². The zero-order valence-corrected chi connectivity index (χ0v) is 12.6. The zero-order valence-electron chi connectivity index (χ0n) is 11.7. The van der Waals surface area contributed by atoms with Crippen molar-refractivity contribution in [3.05, 3.63) is 36.4 Å². The second kappa shape index (κ2) is 5.46. The van der Waals surface area contributed by atoms with Crippen molar-refractivity contribution in [2.75, 3.05) is 11.5 Å². The Hall–Kier alpha value is -1.15. The molecule has 0 N–H and O–H groups in total. The van der Waals surface area contributed by atoms with Crippen LogP contribution in [0.4, 0.5) is 0 Å². The second-order valence-electron chi connectivity index (χ2n) is 5.49. The summed E-state index contributed by atoms with van der Waals surface area (Å²) in [5.74, 6) is 3.84. The highest BCUT2D eigenvalue weighted by Gasteiger charge is 2.17. The van der Waals surface area contributed by atoms with Crippen molar-refractivity contribution < 1.29 is 4.74 Å². The molecule has 1 nitrogen and oxygen atoms in total. The summed E-state index contributed by atoms with van der Waals surface area (Å²) < 4.78 is 5.95. The molecule has 0 radical (unpaired) electrons. The first-order valence-corrected chi connectivity index (χ1v) is 8.90. The monoisotopic (exact) mass is 274 g/mol. The Morgan fingerprint density at radius 1 is 0.947 bits per heavy atom. The molecule has 1 saturated heterocycles. The summed E-state index contributed by atoms with van der Waals surface area (Å²) in [6, 6.07) is 13.2. The number of rotatable bonds is 3. The number of thiol groups is 1. The smallest absolute Gasteiger partial charge is 0.127 e. The third kappa shape index (κ3) is 2.59. The van der Waals surface area contributed by atoms with E-state index in [-0.39, 0.29) is 17.0 Å². The minimum atomic E-state index is 0.0717. The Morgan fingerprint density at radius 2 is 1.63 bits per heavy atom. The summed E-state index contributed by atoms with van der Waals surface area (Å²) in [4.78, 5) is 1.58. The van der Waals surface area contributed by atoms with Crippen LogP contribution in [0.15, 0.2) is 41.3 Å². The highest BCUT2D eigenvalue weighted by atomic mass is 32.2. The van der Waals surface area contributed by atoms with Crippen molar-refractivity contribution in [2.24, 2.45) is 0 Å². The molecule has 1 heterocycles. The largest absolute Gasteiger partial charge is 0.490 e. The van der Waals surface area contributed by atoms with E-state index < -0.39 is 0 Å². The van der Waals surface area contributed by atoms with Gasteiger partial charge in [0.05, 0.1) is 6.10 Å². The summed E-state index contributed by atoms with van der Waals surface area (Å²) in [6.07, 6.45) is 3.04. The Kier molecular flexibility index (Phi) is 3.69. The summed E-state index contributed by atoms with van der Waals surface area (Å²) >= 11 is 0. The standard InChI is InChI=1S/C17H22OS/c1-13(2)18-16-9-10-17(19-11-5-6-12-19)15-8-4-3-7-14(15)16/h3-4,7-10,13,19H,5-6,11-12H2,1-2H3. The highest BCUT2D eigenvalue weighted by molar-refractivity contribution is 8.17. The van der Waals surface area contributed by atoms with Gasteiger partial charge in [0.2, 0.25) is 0 Å². The van der Waals surface area contributed by atoms with Gasteiger partial charge in [0, 0.05) is 5.39 Å². The van der Waals surface area contributed by atoms with Gasteiger partial charge in [-0.05, 0) is 60.6 Å². The first-order valence-electron chi connectivity index (χ1n) is 7.19. The number of ether oxygens (including phenoxy) is 1. The number of hydrogen-bond donors (Lipinski definition) is 1. The molecule has 1 aliphatic heterocycles. The molecular formula is C17H22OS. The molecule has 19 heavy (non-hydrogen) atoms. The van der Waals surface area contributed by atoms with Gasteiger partial charge in [-0.25, -0.2) is 10.9 Å². The van der Waals surface area contributed by atoms with Crippen LogP contribution >= 0.6 is 10.9 Å². The Bertz CT molecular complexity index is 570. The molecule has 0 spiro atoms. The summed E-state index contributed by atoms with van der Waals surface area (Å²) in [5.41, 5.74) is 0. The fourth-order valence-electron chi connectivity index (χ4n) is 2.85. The van der Waals surface area contributed by atoms with Crippen LogP contribution in [0.3, 0.4) is 0 Å². The fourth-order valence-corrected chi connectivity index (χ4v) is 5.58. The first kappa shape index (κ1) is 12.9. The lowest BCUT2D eigenvalue weighted by Gasteiger charge is -2.20. The van der Waals surface area contributed by atoms with Crippen LogP contribution in [-0.4, -0.2) is 17.6 Å². The molecular weight excluding hydrogens is 252 g/mol. The van der Waals surface area contributed by atoms with E-state index in [1.165, 1.54) is 35.1 Å². The van der Waals surface area contributed by atoms with Gasteiger partial charge < -0.3 is 4.74 Å². The van der Waals surface area contributed by atoms with Crippen molar-refractivity contribution in [2.45, 2.75) is 37.7 Å². The van der Waals surface area contributed by atoms with Crippen molar-refractivity contribution in [1.82, 2.24) is 0 Å². The minimum absolute atomic E-state index is 0.0717. The van der Waals surface area contributed by atoms with Gasteiger partial charge >= 0.3 is 0 Å². The molecule has 0 atom stereocenters. The van der Waals surface area contributed by atoms with E-state index in [1.54, 1.807) is 4.90 Å². The van der Waals surface area contributed by atoms with Crippen molar-refractivity contribution >= 4 is 21.7 Å². The van der Waals surface area contributed by atoms with Gasteiger partial charge in [-0.1, -0.05) is 24.3 Å². The molecule has 1 aliphatic rings. The summed E-state index contributed by atoms with van der Waals surface area (Å²) in [7, 11) is 0.0717. The van der Waals surface area contributed by atoms with E-state index in [0.717, 1.165) is 5.75 Å². The molecule has 0 amide bonds.